The largest absolute Gasteiger partial charge is 0.507 e. The lowest BCUT2D eigenvalue weighted by Gasteiger charge is -2.22. The normalized spacial score (nSPS) is 12.9. The van der Waals surface area contributed by atoms with Gasteiger partial charge in [0.05, 0.1) is 16.8 Å². The number of phenols is 2. The molecule has 0 aromatic heterocycles. The van der Waals surface area contributed by atoms with Gasteiger partial charge in [-0.05, 0) is 26.1 Å². The Kier molecular flexibility index (Phi) is 5.46. The van der Waals surface area contributed by atoms with Crippen LogP contribution in [0.25, 0.3) is 0 Å². The molecule has 0 atom stereocenters. The van der Waals surface area contributed by atoms with E-state index in [0.29, 0.717) is 6.54 Å². The van der Waals surface area contributed by atoms with Crippen LogP contribution in [-0.4, -0.2) is 52.9 Å². The summed E-state index contributed by atoms with van der Waals surface area (Å²) in [5.74, 6) is -1.51. The van der Waals surface area contributed by atoms with Gasteiger partial charge in [0.15, 0.2) is 17.3 Å². The lowest BCUT2D eigenvalue weighted by atomic mass is 9.82. The summed E-state index contributed by atoms with van der Waals surface area (Å²) in [6.45, 7) is 7.62. The number of nitrogens with zero attached hydrogens (tertiary/aromatic N) is 1. The number of benzene rings is 2. The molecule has 0 bridgehead atoms. The van der Waals surface area contributed by atoms with Crippen molar-refractivity contribution in [3.63, 3.8) is 0 Å². The summed E-state index contributed by atoms with van der Waals surface area (Å²) in [5.41, 5.74) is 0.467. The molecular formula is C21H24N2O4. The number of hydrogen-bond donors (Lipinski definition) is 3. The van der Waals surface area contributed by atoms with Crippen molar-refractivity contribution in [1.29, 1.82) is 0 Å². The van der Waals surface area contributed by atoms with Gasteiger partial charge in [-0.2, -0.15) is 0 Å². The Morgan fingerprint density at radius 1 is 0.963 bits per heavy atom. The number of aromatic hydroxyl groups is 2. The molecule has 0 heterocycles. The van der Waals surface area contributed by atoms with Gasteiger partial charge in [-0.15, -0.1) is 0 Å². The SMILES string of the molecule is CCN(CC)CCCNc1cc(O)c2c(c1O)C(=O)c1ccccc1C2=O. The maximum absolute atomic E-state index is 12.8. The minimum absolute atomic E-state index is 0.134. The van der Waals surface area contributed by atoms with E-state index >= 15 is 0 Å². The molecule has 3 N–H and O–H groups in total. The molecule has 0 unspecified atom stereocenters. The van der Waals surface area contributed by atoms with Crippen LogP contribution in [0.1, 0.15) is 52.1 Å². The molecule has 0 amide bonds. The Morgan fingerprint density at radius 2 is 1.56 bits per heavy atom. The lowest BCUT2D eigenvalue weighted by Crippen LogP contribution is -2.25. The van der Waals surface area contributed by atoms with Gasteiger partial charge in [0, 0.05) is 23.7 Å². The Morgan fingerprint density at radius 3 is 2.15 bits per heavy atom. The van der Waals surface area contributed by atoms with Gasteiger partial charge in [0.1, 0.15) is 5.75 Å². The van der Waals surface area contributed by atoms with E-state index in [9.17, 15) is 19.8 Å². The number of nitrogens with one attached hydrogen (secondary N) is 1. The van der Waals surface area contributed by atoms with Crippen LogP contribution in [0.2, 0.25) is 0 Å². The van der Waals surface area contributed by atoms with E-state index in [0.717, 1.165) is 26.1 Å². The zero-order valence-corrected chi connectivity index (χ0v) is 15.6. The molecule has 1 aliphatic rings. The summed E-state index contributed by atoms with van der Waals surface area (Å²) in [6, 6.07) is 7.75. The summed E-state index contributed by atoms with van der Waals surface area (Å²) < 4.78 is 0. The fraction of sp³-hybridized carbons (Fsp3) is 0.333. The monoisotopic (exact) mass is 368 g/mol. The van der Waals surface area contributed by atoms with E-state index in [1.807, 2.05) is 0 Å². The molecule has 142 valence electrons. The predicted octanol–water partition coefficient (Wildman–Crippen LogP) is 3.02. The van der Waals surface area contributed by atoms with Crippen molar-refractivity contribution < 1.29 is 19.8 Å². The van der Waals surface area contributed by atoms with Gasteiger partial charge >= 0.3 is 0 Å². The Balaban J connectivity index is 1.87. The quantitative estimate of drug-likeness (QED) is 0.337. The average molecular weight is 368 g/mol. The van der Waals surface area contributed by atoms with Crippen molar-refractivity contribution in [2.75, 3.05) is 31.5 Å². The number of phenolic OH excluding ortho intramolecular Hbond substituents is 2. The van der Waals surface area contributed by atoms with Crippen molar-refractivity contribution in [2.24, 2.45) is 0 Å². The lowest BCUT2D eigenvalue weighted by molar-refractivity contribution is 0.0974. The Labute approximate surface area is 158 Å². The first-order valence-corrected chi connectivity index (χ1v) is 9.23. The second-order valence-corrected chi connectivity index (χ2v) is 6.55. The molecule has 1 aliphatic carbocycles. The number of hydrogen-bond acceptors (Lipinski definition) is 6. The molecular weight excluding hydrogens is 344 g/mol. The molecule has 6 heteroatoms. The first-order chi connectivity index (χ1) is 13.0. The molecule has 27 heavy (non-hydrogen) atoms. The highest BCUT2D eigenvalue weighted by molar-refractivity contribution is 6.30. The average Bonchev–Trinajstić information content (AvgIpc) is 2.68. The van der Waals surface area contributed by atoms with E-state index in [4.69, 9.17) is 0 Å². The highest BCUT2D eigenvalue weighted by atomic mass is 16.3. The minimum atomic E-state index is -0.459. The van der Waals surface area contributed by atoms with Crippen LogP contribution in [0, 0.1) is 0 Å². The summed E-state index contributed by atoms with van der Waals surface area (Å²) in [6.07, 6.45) is 0.842. The first kappa shape index (κ1) is 18.9. The summed E-state index contributed by atoms with van der Waals surface area (Å²) >= 11 is 0. The molecule has 0 fully saturated rings. The zero-order chi connectivity index (χ0) is 19.6. The predicted molar refractivity (Wildman–Crippen MR) is 104 cm³/mol. The summed E-state index contributed by atoms with van der Waals surface area (Å²) in [7, 11) is 0. The number of fused-ring (bicyclic) bond motifs is 2. The van der Waals surface area contributed by atoms with Crippen molar-refractivity contribution >= 4 is 17.3 Å². The number of rotatable bonds is 7. The van der Waals surface area contributed by atoms with Gasteiger partial charge in [0.25, 0.3) is 0 Å². The summed E-state index contributed by atoms with van der Waals surface area (Å²) in [4.78, 5) is 27.8. The fourth-order valence-corrected chi connectivity index (χ4v) is 3.46. The van der Waals surface area contributed by atoms with Gasteiger partial charge < -0.3 is 20.4 Å². The van der Waals surface area contributed by atoms with Gasteiger partial charge in [-0.1, -0.05) is 38.1 Å². The Bertz CT molecular complexity index is 888. The summed E-state index contributed by atoms with van der Waals surface area (Å²) in [5, 5.41) is 24.0. The topological polar surface area (TPSA) is 89.9 Å². The third kappa shape index (κ3) is 3.40. The van der Waals surface area contributed by atoms with Gasteiger partial charge in [0.2, 0.25) is 0 Å². The van der Waals surface area contributed by atoms with Crippen molar-refractivity contribution in [2.45, 2.75) is 20.3 Å². The molecule has 0 saturated heterocycles. The minimum Gasteiger partial charge on any atom is -0.507 e. The standard InChI is InChI=1S/C21H24N2O4/c1-3-23(4-2)11-7-10-22-15-12-16(24)17-18(21(15)27)20(26)14-9-6-5-8-13(14)19(17)25/h5-6,8-9,12,22,24,27H,3-4,7,10-11H2,1-2H3. The van der Waals surface area contributed by atoms with Crippen LogP contribution < -0.4 is 5.32 Å². The molecule has 0 spiro atoms. The smallest absolute Gasteiger partial charge is 0.198 e. The van der Waals surface area contributed by atoms with Gasteiger partial charge in [-0.25, -0.2) is 0 Å². The van der Waals surface area contributed by atoms with Crippen LogP contribution in [0.4, 0.5) is 5.69 Å². The highest BCUT2D eigenvalue weighted by Crippen LogP contribution is 2.42. The van der Waals surface area contributed by atoms with Crippen LogP contribution in [0.5, 0.6) is 11.5 Å². The number of ketones is 2. The first-order valence-electron chi connectivity index (χ1n) is 9.23. The van der Waals surface area contributed by atoms with Crippen molar-refractivity contribution in [1.82, 2.24) is 4.90 Å². The molecule has 3 rings (SSSR count). The number of carbonyl (C=O) groups is 2. The van der Waals surface area contributed by atoms with E-state index in [-0.39, 0.29) is 39.4 Å². The maximum atomic E-state index is 12.8. The van der Waals surface area contributed by atoms with Crippen molar-refractivity contribution in [3.05, 3.63) is 52.6 Å². The van der Waals surface area contributed by atoms with E-state index < -0.39 is 11.6 Å². The highest BCUT2D eigenvalue weighted by Gasteiger charge is 2.35. The number of carbonyl (C=O) groups excluding carboxylic acids is 2. The maximum Gasteiger partial charge on any atom is 0.198 e. The van der Waals surface area contributed by atoms with E-state index in [1.165, 1.54) is 6.07 Å². The zero-order valence-electron chi connectivity index (χ0n) is 15.6. The number of anilines is 1. The molecule has 0 saturated carbocycles. The van der Waals surface area contributed by atoms with Crippen LogP contribution >= 0.6 is 0 Å². The molecule has 6 nitrogen and oxygen atoms in total. The van der Waals surface area contributed by atoms with Crippen LogP contribution in [-0.2, 0) is 0 Å². The second-order valence-electron chi connectivity index (χ2n) is 6.55. The van der Waals surface area contributed by atoms with E-state index in [1.54, 1.807) is 24.3 Å². The van der Waals surface area contributed by atoms with E-state index in [2.05, 4.69) is 24.1 Å². The third-order valence-electron chi connectivity index (χ3n) is 5.01. The third-order valence-corrected chi connectivity index (χ3v) is 5.01. The van der Waals surface area contributed by atoms with Crippen LogP contribution in [0.15, 0.2) is 30.3 Å². The Hall–Kier alpha value is -2.86. The molecule has 0 aliphatic heterocycles. The molecule has 2 aromatic carbocycles. The van der Waals surface area contributed by atoms with Gasteiger partial charge in [-0.3, -0.25) is 9.59 Å². The fourth-order valence-electron chi connectivity index (χ4n) is 3.46. The van der Waals surface area contributed by atoms with Crippen molar-refractivity contribution in [3.8, 4) is 11.5 Å². The second kappa shape index (κ2) is 7.80. The molecule has 2 aromatic rings. The molecule has 0 radical (unpaired) electrons. The van der Waals surface area contributed by atoms with Crippen LogP contribution in [0.3, 0.4) is 0 Å².